The summed E-state index contributed by atoms with van der Waals surface area (Å²) in [4.78, 5) is 0. The van der Waals surface area contributed by atoms with Crippen LogP contribution in [0.5, 0.6) is 0 Å². The van der Waals surface area contributed by atoms with Gasteiger partial charge in [-0.1, -0.05) is 12.1 Å². The SMILES string of the molecule is CN(N)CC(CO)c1ccc(F)cc1. The van der Waals surface area contributed by atoms with Crippen LogP contribution in [0.1, 0.15) is 11.5 Å². The standard InChI is InChI=1S/C10H15FN2O/c1-13(12)6-9(7-14)8-2-4-10(11)5-3-8/h2-5,9,14H,6-7,12H2,1H3. The summed E-state index contributed by atoms with van der Waals surface area (Å²) in [5.74, 6) is 5.15. The molecule has 78 valence electrons. The molecule has 0 radical (unpaired) electrons. The maximum absolute atomic E-state index is 12.6. The summed E-state index contributed by atoms with van der Waals surface area (Å²) in [6.07, 6.45) is 0. The molecule has 0 aliphatic rings. The van der Waals surface area contributed by atoms with Gasteiger partial charge in [0, 0.05) is 19.5 Å². The number of benzene rings is 1. The lowest BCUT2D eigenvalue weighted by atomic mass is 10.00. The van der Waals surface area contributed by atoms with E-state index in [1.807, 2.05) is 0 Å². The van der Waals surface area contributed by atoms with Crippen LogP contribution in [0.4, 0.5) is 4.39 Å². The highest BCUT2D eigenvalue weighted by molar-refractivity contribution is 5.20. The second kappa shape index (κ2) is 5.05. The van der Waals surface area contributed by atoms with E-state index in [9.17, 15) is 4.39 Å². The molecule has 0 fully saturated rings. The van der Waals surface area contributed by atoms with Gasteiger partial charge in [-0.3, -0.25) is 5.84 Å². The topological polar surface area (TPSA) is 49.5 Å². The Morgan fingerprint density at radius 1 is 1.43 bits per heavy atom. The number of nitrogens with zero attached hydrogens (tertiary/aromatic N) is 1. The van der Waals surface area contributed by atoms with Gasteiger partial charge in [0.15, 0.2) is 0 Å². The second-order valence-corrected chi connectivity index (χ2v) is 3.37. The van der Waals surface area contributed by atoms with Crippen molar-refractivity contribution in [2.45, 2.75) is 5.92 Å². The van der Waals surface area contributed by atoms with Crippen molar-refractivity contribution < 1.29 is 9.50 Å². The van der Waals surface area contributed by atoms with Crippen molar-refractivity contribution in [3.8, 4) is 0 Å². The van der Waals surface area contributed by atoms with Gasteiger partial charge in [0.05, 0.1) is 6.61 Å². The predicted molar refractivity (Wildman–Crippen MR) is 53.0 cm³/mol. The van der Waals surface area contributed by atoms with Crippen LogP contribution in [0.15, 0.2) is 24.3 Å². The summed E-state index contributed by atoms with van der Waals surface area (Å²) in [5, 5.41) is 10.6. The van der Waals surface area contributed by atoms with Crippen molar-refractivity contribution in [1.29, 1.82) is 0 Å². The second-order valence-electron chi connectivity index (χ2n) is 3.37. The van der Waals surface area contributed by atoms with Gasteiger partial charge < -0.3 is 5.11 Å². The molecule has 3 nitrogen and oxygen atoms in total. The average molecular weight is 198 g/mol. The Balaban J connectivity index is 2.73. The van der Waals surface area contributed by atoms with E-state index in [0.717, 1.165) is 5.56 Å². The number of hydrazine groups is 1. The first kappa shape index (κ1) is 11.1. The third-order valence-electron chi connectivity index (χ3n) is 2.07. The smallest absolute Gasteiger partial charge is 0.123 e. The molecule has 1 rings (SSSR count). The van der Waals surface area contributed by atoms with Gasteiger partial charge in [-0.25, -0.2) is 9.40 Å². The molecule has 0 aliphatic carbocycles. The Morgan fingerprint density at radius 3 is 2.43 bits per heavy atom. The molecule has 0 heterocycles. The molecular weight excluding hydrogens is 183 g/mol. The van der Waals surface area contributed by atoms with Gasteiger partial charge in [-0.15, -0.1) is 0 Å². The maximum atomic E-state index is 12.6. The minimum atomic E-state index is -0.272. The molecule has 1 aromatic rings. The Hall–Kier alpha value is -0.970. The van der Waals surface area contributed by atoms with E-state index in [-0.39, 0.29) is 18.3 Å². The van der Waals surface area contributed by atoms with Crippen LogP contribution in [-0.2, 0) is 0 Å². The number of aliphatic hydroxyl groups excluding tert-OH is 1. The summed E-state index contributed by atoms with van der Waals surface area (Å²) in [7, 11) is 1.73. The van der Waals surface area contributed by atoms with Crippen molar-refractivity contribution in [3.05, 3.63) is 35.6 Å². The van der Waals surface area contributed by atoms with E-state index in [1.54, 1.807) is 19.2 Å². The van der Waals surface area contributed by atoms with E-state index in [0.29, 0.717) is 6.54 Å². The molecular formula is C10H15FN2O. The highest BCUT2D eigenvalue weighted by Gasteiger charge is 2.11. The summed E-state index contributed by atoms with van der Waals surface area (Å²) < 4.78 is 12.6. The van der Waals surface area contributed by atoms with Crippen LogP contribution in [0, 0.1) is 5.82 Å². The number of halogens is 1. The van der Waals surface area contributed by atoms with Crippen molar-refractivity contribution in [2.75, 3.05) is 20.2 Å². The van der Waals surface area contributed by atoms with Crippen LogP contribution in [0.3, 0.4) is 0 Å². The third kappa shape index (κ3) is 3.06. The largest absolute Gasteiger partial charge is 0.396 e. The van der Waals surface area contributed by atoms with E-state index in [1.165, 1.54) is 17.1 Å². The van der Waals surface area contributed by atoms with Crippen LogP contribution in [-0.4, -0.2) is 30.3 Å². The van der Waals surface area contributed by atoms with E-state index >= 15 is 0 Å². The van der Waals surface area contributed by atoms with Crippen molar-refractivity contribution in [2.24, 2.45) is 5.84 Å². The minimum Gasteiger partial charge on any atom is -0.396 e. The molecule has 1 atom stereocenters. The number of hydrogen-bond acceptors (Lipinski definition) is 3. The quantitative estimate of drug-likeness (QED) is 0.553. The lowest BCUT2D eigenvalue weighted by Gasteiger charge is -2.18. The summed E-state index contributed by atoms with van der Waals surface area (Å²) in [6.45, 7) is 0.551. The van der Waals surface area contributed by atoms with Gasteiger partial charge in [0.25, 0.3) is 0 Å². The van der Waals surface area contributed by atoms with Crippen LogP contribution < -0.4 is 5.84 Å². The van der Waals surface area contributed by atoms with Gasteiger partial charge in [0.1, 0.15) is 5.82 Å². The maximum Gasteiger partial charge on any atom is 0.123 e. The zero-order valence-electron chi connectivity index (χ0n) is 8.15. The highest BCUT2D eigenvalue weighted by Crippen LogP contribution is 2.15. The molecule has 0 saturated heterocycles. The number of rotatable bonds is 4. The summed E-state index contributed by atoms with van der Waals surface area (Å²) in [5.41, 5.74) is 0.895. The average Bonchev–Trinajstić information content (AvgIpc) is 2.15. The lowest BCUT2D eigenvalue weighted by molar-refractivity contribution is 0.222. The lowest BCUT2D eigenvalue weighted by Crippen LogP contribution is -2.32. The first-order valence-electron chi connectivity index (χ1n) is 4.45. The first-order valence-corrected chi connectivity index (χ1v) is 4.45. The number of aliphatic hydroxyl groups is 1. The zero-order valence-corrected chi connectivity index (χ0v) is 8.15. The molecule has 0 spiro atoms. The molecule has 14 heavy (non-hydrogen) atoms. The van der Waals surface area contributed by atoms with Crippen LogP contribution in [0.2, 0.25) is 0 Å². The number of hydrogen-bond donors (Lipinski definition) is 2. The fraction of sp³-hybridized carbons (Fsp3) is 0.400. The van der Waals surface area contributed by atoms with Gasteiger partial charge in [-0.2, -0.15) is 0 Å². The Bertz CT molecular complexity index is 274. The first-order chi connectivity index (χ1) is 6.63. The monoisotopic (exact) mass is 198 g/mol. The van der Waals surface area contributed by atoms with Crippen molar-refractivity contribution in [1.82, 2.24) is 5.01 Å². The Labute approximate surface area is 82.9 Å². The molecule has 0 saturated carbocycles. The summed E-state index contributed by atoms with van der Waals surface area (Å²) >= 11 is 0. The normalized spacial score (nSPS) is 13.2. The molecule has 1 unspecified atom stereocenters. The minimum absolute atomic E-state index is 0.00712. The molecule has 1 aromatic carbocycles. The highest BCUT2D eigenvalue weighted by atomic mass is 19.1. The number of nitrogens with two attached hydrogens (primary N) is 1. The Kier molecular flexibility index (Phi) is 4.00. The van der Waals surface area contributed by atoms with Gasteiger partial charge in [-0.05, 0) is 17.7 Å². The van der Waals surface area contributed by atoms with Crippen LogP contribution >= 0.6 is 0 Å². The number of likely N-dealkylation sites (N-methyl/N-ethyl adjacent to an activating group) is 1. The fourth-order valence-electron chi connectivity index (χ4n) is 1.35. The molecule has 0 aliphatic heterocycles. The predicted octanol–water partition coefficient (Wildman–Crippen LogP) is 0.707. The van der Waals surface area contributed by atoms with E-state index in [2.05, 4.69) is 0 Å². The van der Waals surface area contributed by atoms with Gasteiger partial charge >= 0.3 is 0 Å². The van der Waals surface area contributed by atoms with Crippen molar-refractivity contribution in [3.63, 3.8) is 0 Å². The van der Waals surface area contributed by atoms with E-state index < -0.39 is 0 Å². The van der Waals surface area contributed by atoms with Crippen LogP contribution in [0.25, 0.3) is 0 Å². The molecule has 0 aromatic heterocycles. The van der Waals surface area contributed by atoms with E-state index in [4.69, 9.17) is 10.9 Å². The molecule has 4 heteroatoms. The molecule has 3 N–H and O–H groups in total. The third-order valence-corrected chi connectivity index (χ3v) is 2.07. The molecule has 0 amide bonds. The fourth-order valence-corrected chi connectivity index (χ4v) is 1.35. The summed E-state index contributed by atoms with van der Waals surface area (Å²) in [6, 6.07) is 6.10. The Morgan fingerprint density at radius 2 is 2.00 bits per heavy atom. The molecule has 0 bridgehead atoms. The van der Waals surface area contributed by atoms with Gasteiger partial charge in [0.2, 0.25) is 0 Å². The zero-order chi connectivity index (χ0) is 10.6. The van der Waals surface area contributed by atoms with Crippen molar-refractivity contribution >= 4 is 0 Å².